The second kappa shape index (κ2) is 3.09. The van der Waals surface area contributed by atoms with E-state index in [9.17, 15) is 9.90 Å². The standard InChI is InChI=1S/C9H8O3/c1-3-6-7(10)5-9(11)12-8(6)4-2/h3-5,10H,1-2H2. The Labute approximate surface area is 69.3 Å². The summed E-state index contributed by atoms with van der Waals surface area (Å²) in [6.45, 7) is 6.89. The first kappa shape index (κ1) is 8.33. The first-order valence-electron chi connectivity index (χ1n) is 3.31. The summed E-state index contributed by atoms with van der Waals surface area (Å²) in [5.41, 5.74) is -0.224. The SMILES string of the molecule is C=Cc1oc(=O)cc(O)c1C=C. The molecule has 3 heteroatoms. The third kappa shape index (κ3) is 1.29. The molecule has 0 atom stereocenters. The van der Waals surface area contributed by atoms with Gasteiger partial charge in [0.15, 0.2) is 0 Å². The van der Waals surface area contributed by atoms with Crippen LogP contribution >= 0.6 is 0 Å². The molecule has 3 nitrogen and oxygen atoms in total. The molecule has 0 aliphatic rings. The van der Waals surface area contributed by atoms with Crippen LogP contribution in [0.4, 0.5) is 0 Å². The highest BCUT2D eigenvalue weighted by Gasteiger charge is 2.05. The normalized spacial score (nSPS) is 9.33. The van der Waals surface area contributed by atoms with Gasteiger partial charge in [-0.3, -0.25) is 0 Å². The molecular formula is C9H8O3. The highest BCUT2D eigenvalue weighted by molar-refractivity contribution is 5.64. The smallest absolute Gasteiger partial charge is 0.339 e. The summed E-state index contributed by atoms with van der Waals surface area (Å²) in [6, 6.07) is 0.990. The minimum Gasteiger partial charge on any atom is -0.507 e. The fourth-order valence-electron chi connectivity index (χ4n) is 0.865. The van der Waals surface area contributed by atoms with Gasteiger partial charge in [-0.25, -0.2) is 4.79 Å². The molecule has 0 unspecified atom stereocenters. The molecule has 1 aromatic rings. The number of hydrogen-bond donors (Lipinski definition) is 1. The van der Waals surface area contributed by atoms with Gasteiger partial charge < -0.3 is 9.52 Å². The molecular weight excluding hydrogens is 156 g/mol. The zero-order chi connectivity index (χ0) is 9.14. The van der Waals surface area contributed by atoms with Gasteiger partial charge in [-0.1, -0.05) is 19.2 Å². The molecule has 0 amide bonds. The van der Waals surface area contributed by atoms with Crippen molar-refractivity contribution in [3.63, 3.8) is 0 Å². The van der Waals surface area contributed by atoms with E-state index in [0.29, 0.717) is 5.56 Å². The van der Waals surface area contributed by atoms with Crippen LogP contribution in [0.2, 0.25) is 0 Å². The number of aromatic hydroxyl groups is 1. The van der Waals surface area contributed by atoms with Crippen LogP contribution in [0, 0.1) is 0 Å². The van der Waals surface area contributed by atoms with E-state index in [2.05, 4.69) is 13.2 Å². The molecule has 0 spiro atoms. The number of rotatable bonds is 2. The van der Waals surface area contributed by atoms with E-state index >= 15 is 0 Å². The Kier molecular flexibility index (Phi) is 2.14. The Hall–Kier alpha value is -1.77. The van der Waals surface area contributed by atoms with E-state index < -0.39 is 5.63 Å². The van der Waals surface area contributed by atoms with Crippen molar-refractivity contribution in [2.24, 2.45) is 0 Å². The second-order valence-corrected chi connectivity index (χ2v) is 2.14. The second-order valence-electron chi connectivity index (χ2n) is 2.14. The molecule has 0 fully saturated rings. The first-order chi connectivity index (χ1) is 5.69. The van der Waals surface area contributed by atoms with Crippen molar-refractivity contribution in [2.75, 3.05) is 0 Å². The zero-order valence-corrected chi connectivity index (χ0v) is 6.41. The van der Waals surface area contributed by atoms with Crippen molar-refractivity contribution < 1.29 is 9.52 Å². The third-order valence-corrected chi connectivity index (χ3v) is 1.40. The van der Waals surface area contributed by atoms with Crippen LogP contribution in [0.3, 0.4) is 0 Å². The monoisotopic (exact) mass is 164 g/mol. The fourth-order valence-corrected chi connectivity index (χ4v) is 0.865. The quantitative estimate of drug-likeness (QED) is 0.722. The van der Waals surface area contributed by atoms with E-state index in [1.54, 1.807) is 0 Å². The topological polar surface area (TPSA) is 50.4 Å². The summed E-state index contributed by atoms with van der Waals surface area (Å²) in [6.07, 6.45) is 2.74. The minimum absolute atomic E-state index is 0.142. The van der Waals surface area contributed by atoms with Crippen LogP contribution in [0.15, 0.2) is 28.4 Å². The molecule has 1 aromatic heterocycles. The maximum atomic E-state index is 10.7. The lowest BCUT2D eigenvalue weighted by Gasteiger charge is -1.99. The lowest BCUT2D eigenvalue weighted by Crippen LogP contribution is -1.98. The third-order valence-electron chi connectivity index (χ3n) is 1.40. The van der Waals surface area contributed by atoms with Gasteiger partial charge in [0, 0.05) is 0 Å². The van der Waals surface area contributed by atoms with Crippen molar-refractivity contribution >= 4 is 12.2 Å². The Morgan fingerprint density at radius 3 is 2.58 bits per heavy atom. The first-order valence-corrected chi connectivity index (χ1v) is 3.31. The highest BCUT2D eigenvalue weighted by Crippen LogP contribution is 2.20. The summed E-state index contributed by atoms with van der Waals surface area (Å²) in [5, 5.41) is 9.22. The Balaban J connectivity index is 3.53. The van der Waals surface area contributed by atoms with Gasteiger partial charge in [-0.15, -0.1) is 0 Å². The summed E-state index contributed by atoms with van der Waals surface area (Å²) in [7, 11) is 0. The average molecular weight is 164 g/mol. The van der Waals surface area contributed by atoms with E-state index in [0.717, 1.165) is 6.07 Å². The molecule has 0 radical (unpaired) electrons. The van der Waals surface area contributed by atoms with E-state index in [1.807, 2.05) is 0 Å². The minimum atomic E-state index is -0.604. The summed E-state index contributed by atoms with van der Waals surface area (Å²) in [5.74, 6) is 0.0890. The van der Waals surface area contributed by atoms with Crippen LogP contribution in [-0.4, -0.2) is 5.11 Å². The molecule has 1 heterocycles. The predicted molar refractivity (Wildman–Crippen MR) is 46.8 cm³/mol. The van der Waals surface area contributed by atoms with E-state index in [-0.39, 0.29) is 11.5 Å². The summed E-state index contributed by atoms with van der Waals surface area (Å²) < 4.78 is 4.72. The molecule has 0 saturated heterocycles. The maximum absolute atomic E-state index is 10.7. The summed E-state index contributed by atoms with van der Waals surface area (Å²) >= 11 is 0. The number of hydrogen-bond acceptors (Lipinski definition) is 3. The molecule has 0 aromatic carbocycles. The molecule has 0 aliphatic carbocycles. The van der Waals surface area contributed by atoms with Gasteiger partial charge in [-0.05, 0) is 6.08 Å². The van der Waals surface area contributed by atoms with E-state index in [4.69, 9.17) is 4.42 Å². The van der Waals surface area contributed by atoms with Crippen molar-refractivity contribution in [3.8, 4) is 5.75 Å². The fraction of sp³-hybridized carbons (Fsp3) is 0. The van der Waals surface area contributed by atoms with E-state index in [1.165, 1.54) is 12.2 Å². The zero-order valence-electron chi connectivity index (χ0n) is 6.41. The molecule has 0 saturated carbocycles. The van der Waals surface area contributed by atoms with Gasteiger partial charge in [0.2, 0.25) is 0 Å². The Morgan fingerprint density at radius 1 is 1.42 bits per heavy atom. The van der Waals surface area contributed by atoms with Crippen LogP contribution in [-0.2, 0) is 0 Å². The van der Waals surface area contributed by atoms with Gasteiger partial charge >= 0.3 is 5.63 Å². The summed E-state index contributed by atoms with van der Waals surface area (Å²) in [4.78, 5) is 10.7. The lowest BCUT2D eigenvalue weighted by molar-refractivity contribution is 0.442. The molecule has 12 heavy (non-hydrogen) atoms. The predicted octanol–water partition coefficient (Wildman–Crippen LogP) is 1.63. The van der Waals surface area contributed by atoms with Crippen molar-refractivity contribution in [2.45, 2.75) is 0 Å². The maximum Gasteiger partial charge on any atom is 0.339 e. The molecule has 0 aliphatic heterocycles. The Bertz CT molecular complexity index is 374. The molecule has 1 N–H and O–H groups in total. The molecule has 1 rings (SSSR count). The van der Waals surface area contributed by atoms with Crippen LogP contribution in [0.25, 0.3) is 12.2 Å². The largest absolute Gasteiger partial charge is 0.507 e. The van der Waals surface area contributed by atoms with Crippen molar-refractivity contribution in [1.29, 1.82) is 0 Å². The van der Waals surface area contributed by atoms with Gasteiger partial charge in [0.1, 0.15) is 11.5 Å². The molecule has 62 valence electrons. The highest BCUT2D eigenvalue weighted by atomic mass is 16.4. The van der Waals surface area contributed by atoms with Crippen LogP contribution < -0.4 is 5.63 Å². The van der Waals surface area contributed by atoms with Crippen LogP contribution in [0.1, 0.15) is 11.3 Å². The van der Waals surface area contributed by atoms with Crippen molar-refractivity contribution in [1.82, 2.24) is 0 Å². The van der Waals surface area contributed by atoms with Crippen LogP contribution in [0.5, 0.6) is 5.75 Å². The average Bonchev–Trinajstić information content (AvgIpc) is 2.03. The van der Waals surface area contributed by atoms with Gasteiger partial charge in [0.25, 0.3) is 0 Å². The Morgan fingerprint density at radius 2 is 2.08 bits per heavy atom. The van der Waals surface area contributed by atoms with Gasteiger partial charge in [-0.2, -0.15) is 0 Å². The molecule has 0 bridgehead atoms. The van der Waals surface area contributed by atoms with Gasteiger partial charge in [0.05, 0.1) is 11.6 Å². The van der Waals surface area contributed by atoms with Crippen molar-refractivity contribution in [3.05, 3.63) is 41.0 Å². The lowest BCUT2D eigenvalue weighted by atomic mass is 10.2.